The number of thiazole rings is 1. The summed E-state index contributed by atoms with van der Waals surface area (Å²) in [6, 6.07) is 7.95. The molecule has 0 atom stereocenters. The fraction of sp³-hybridized carbons (Fsp3) is 0. The van der Waals surface area contributed by atoms with Gasteiger partial charge in [0.25, 0.3) is 0 Å². The molecule has 3 aromatic rings. The SMILES string of the molecule is Clc1ccc2c(c1)N/C(=C/c1nc3cc(Br)sc3s1)S2. The summed E-state index contributed by atoms with van der Waals surface area (Å²) in [5.74, 6) is 0. The Labute approximate surface area is 141 Å². The lowest BCUT2D eigenvalue weighted by molar-refractivity contribution is 1.45. The predicted octanol–water partition coefficient (Wildman–Crippen LogP) is 6.29. The van der Waals surface area contributed by atoms with Gasteiger partial charge in [0.15, 0.2) is 0 Å². The van der Waals surface area contributed by atoms with E-state index >= 15 is 0 Å². The van der Waals surface area contributed by atoms with Gasteiger partial charge in [-0.2, -0.15) is 0 Å². The number of fused-ring (bicyclic) bond motifs is 2. The second-order valence-corrected chi connectivity index (χ2v) is 9.39. The summed E-state index contributed by atoms with van der Waals surface area (Å²) >= 11 is 14.6. The highest BCUT2D eigenvalue weighted by atomic mass is 79.9. The lowest BCUT2D eigenvalue weighted by Gasteiger charge is -1.97. The van der Waals surface area contributed by atoms with Crippen molar-refractivity contribution < 1.29 is 0 Å². The van der Waals surface area contributed by atoms with E-state index in [1.54, 1.807) is 34.4 Å². The minimum Gasteiger partial charge on any atom is -0.349 e. The Bertz CT molecular complexity index is 821. The molecule has 7 heteroatoms. The molecule has 2 nitrogen and oxygen atoms in total. The number of benzene rings is 1. The van der Waals surface area contributed by atoms with E-state index < -0.39 is 0 Å². The van der Waals surface area contributed by atoms with Crippen LogP contribution in [0.2, 0.25) is 5.02 Å². The van der Waals surface area contributed by atoms with E-state index in [9.17, 15) is 0 Å². The average Bonchev–Trinajstić information content (AvgIpc) is 3.01. The average molecular weight is 402 g/mol. The first-order chi connectivity index (χ1) is 9.67. The van der Waals surface area contributed by atoms with Gasteiger partial charge in [0.1, 0.15) is 9.02 Å². The molecule has 4 rings (SSSR count). The lowest BCUT2D eigenvalue weighted by Crippen LogP contribution is -1.87. The Kier molecular flexibility index (Phi) is 3.31. The van der Waals surface area contributed by atoms with Crippen LogP contribution in [0.3, 0.4) is 0 Å². The zero-order valence-electron chi connectivity index (χ0n) is 9.81. The van der Waals surface area contributed by atoms with Crippen LogP contribution in [0.4, 0.5) is 5.69 Å². The number of halogens is 2. The Balaban J connectivity index is 1.66. The fourth-order valence-electron chi connectivity index (χ4n) is 1.93. The minimum atomic E-state index is 0.748. The Hall–Kier alpha value is -0.530. The molecule has 0 spiro atoms. The maximum absolute atomic E-state index is 6.00. The van der Waals surface area contributed by atoms with Gasteiger partial charge in [0.2, 0.25) is 0 Å². The molecule has 1 aliphatic heterocycles. The number of thiophene rings is 1. The summed E-state index contributed by atoms with van der Waals surface area (Å²) in [5.41, 5.74) is 2.12. The van der Waals surface area contributed by atoms with Gasteiger partial charge in [-0.1, -0.05) is 23.4 Å². The predicted molar refractivity (Wildman–Crippen MR) is 94.1 cm³/mol. The molecule has 0 bridgehead atoms. The highest BCUT2D eigenvalue weighted by Crippen LogP contribution is 2.43. The van der Waals surface area contributed by atoms with Crippen LogP contribution in [-0.4, -0.2) is 4.98 Å². The van der Waals surface area contributed by atoms with Gasteiger partial charge in [0.05, 0.1) is 20.0 Å². The van der Waals surface area contributed by atoms with Crippen molar-refractivity contribution in [2.75, 3.05) is 5.32 Å². The monoisotopic (exact) mass is 400 g/mol. The highest BCUT2D eigenvalue weighted by molar-refractivity contribution is 9.11. The van der Waals surface area contributed by atoms with Crippen LogP contribution in [-0.2, 0) is 0 Å². The van der Waals surface area contributed by atoms with Crippen molar-refractivity contribution in [1.82, 2.24) is 4.98 Å². The summed E-state index contributed by atoms with van der Waals surface area (Å²) in [6.07, 6.45) is 2.09. The maximum atomic E-state index is 6.00. The zero-order valence-corrected chi connectivity index (χ0v) is 14.6. The fourth-order valence-corrected chi connectivity index (χ4v) is 6.09. The summed E-state index contributed by atoms with van der Waals surface area (Å²) in [4.78, 5) is 5.82. The molecule has 2 aromatic heterocycles. The molecule has 1 aromatic carbocycles. The van der Waals surface area contributed by atoms with Gasteiger partial charge in [0, 0.05) is 16.0 Å². The number of rotatable bonds is 1. The molecule has 3 heterocycles. The van der Waals surface area contributed by atoms with Gasteiger partial charge in [-0.3, -0.25) is 0 Å². The van der Waals surface area contributed by atoms with Gasteiger partial charge < -0.3 is 5.32 Å². The molecule has 0 aliphatic carbocycles. The van der Waals surface area contributed by atoms with Crippen LogP contribution >= 0.6 is 62.0 Å². The van der Waals surface area contributed by atoms with Crippen LogP contribution in [0.15, 0.2) is 38.0 Å². The molecular formula is C13H6BrClN2S3. The Morgan fingerprint density at radius 2 is 2.15 bits per heavy atom. The third kappa shape index (κ3) is 2.40. The number of anilines is 1. The first-order valence-corrected chi connectivity index (χ1v) is 9.31. The van der Waals surface area contributed by atoms with Crippen LogP contribution in [0, 0.1) is 0 Å². The van der Waals surface area contributed by atoms with Gasteiger partial charge in [-0.25, -0.2) is 4.98 Å². The Morgan fingerprint density at radius 1 is 1.25 bits per heavy atom. The summed E-state index contributed by atoms with van der Waals surface area (Å²) in [7, 11) is 0. The highest BCUT2D eigenvalue weighted by Gasteiger charge is 2.16. The zero-order chi connectivity index (χ0) is 13.7. The molecule has 0 fully saturated rings. The van der Waals surface area contributed by atoms with E-state index in [2.05, 4.69) is 38.4 Å². The molecule has 0 amide bonds. The van der Waals surface area contributed by atoms with Crippen LogP contribution in [0.25, 0.3) is 15.6 Å². The van der Waals surface area contributed by atoms with Crippen molar-refractivity contribution in [2.45, 2.75) is 4.90 Å². The third-order valence-electron chi connectivity index (χ3n) is 2.75. The van der Waals surface area contributed by atoms with Gasteiger partial charge in [-0.15, -0.1) is 22.7 Å². The normalized spacial score (nSPS) is 15.8. The van der Waals surface area contributed by atoms with Crippen LogP contribution in [0.1, 0.15) is 5.01 Å². The second kappa shape index (κ2) is 5.03. The van der Waals surface area contributed by atoms with E-state index in [1.165, 1.54) is 8.91 Å². The standard InChI is InChI=1S/C13H6BrClN2S3/c14-10-4-8-13(19-10)20-12(17-8)5-11-16-7-3-6(15)1-2-9(7)18-11/h1-5,16H/b11-5-. The molecule has 0 saturated heterocycles. The van der Waals surface area contributed by atoms with Gasteiger partial charge in [-0.05, 0) is 40.2 Å². The number of nitrogens with one attached hydrogen (secondary N) is 1. The molecule has 1 N–H and O–H groups in total. The van der Waals surface area contributed by atoms with E-state index in [0.29, 0.717) is 0 Å². The second-order valence-electron chi connectivity index (χ2n) is 4.15. The number of hydrogen-bond acceptors (Lipinski definition) is 5. The number of nitrogens with zero attached hydrogens (tertiary/aromatic N) is 1. The van der Waals surface area contributed by atoms with Crippen LogP contribution in [0.5, 0.6) is 0 Å². The minimum absolute atomic E-state index is 0.748. The van der Waals surface area contributed by atoms with Crippen molar-refractivity contribution in [3.63, 3.8) is 0 Å². The van der Waals surface area contributed by atoms with Crippen molar-refractivity contribution in [3.8, 4) is 0 Å². The molecule has 0 saturated carbocycles. The van der Waals surface area contributed by atoms with E-state index in [4.69, 9.17) is 11.6 Å². The smallest absolute Gasteiger partial charge is 0.120 e. The summed E-state index contributed by atoms with van der Waals surface area (Å²) < 4.78 is 2.37. The van der Waals surface area contributed by atoms with Crippen LogP contribution < -0.4 is 5.32 Å². The van der Waals surface area contributed by atoms with Crippen molar-refractivity contribution in [3.05, 3.63) is 43.1 Å². The summed E-state index contributed by atoms with van der Waals surface area (Å²) in [6.45, 7) is 0. The topological polar surface area (TPSA) is 24.9 Å². The quantitative estimate of drug-likeness (QED) is 0.518. The van der Waals surface area contributed by atoms with E-state index in [0.717, 1.165) is 30.0 Å². The number of hydrogen-bond donors (Lipinski definition) is 1. The molecule has 1 aliphatic rings. The van der Waals surface area contributed by atoms with E-state index in [-0.39, 0.29) is 0 Å². The third-order valence-corrected chi connectivity index (χ3v) is 6.74. The molecule has 100 valence electrons. The summed E-state index contributed by atoms with van der Waals surface area (Å²) in [5, 5.41) is 6.23. The first kappa shape index (κ1) is 13.2. The largest absolute Gasteiger partial charge is 0.349 e. The number of aromatic nitrogens is 1. The lowest BCUT2D eigenvalue weighted by atomic mass is 10.3. The Morgan fingerprint density at radius 3 is 3.00 bits per heavy atom. The van der Waals surface area contributed by atoms with E-state index in [1.807, 2.05) is 18.2 Å². The van der Waals surface area contributed by atoms with Crippen molar-refractivity contribution in [2.24, 2.45) is 0 Å². The number of thioether (sulfide) groups is 1. The maximum Gasteiger partial charge on any atom is 0.120 e. The van der Waals surface area contributed by atoms with Gasteiger partial charge >= 0.3 is 0 Å². The molecule has 0 unspecified atom stereocenters. The molecular weight excluding hydrogens is 396 g/mol. The first-order valence-electron chi connectivity index (χ1n) is 5.69. The molecule has 0 radical (unpaired) electrons. The molecule has 20 heavy (non-hydrogen) atoms. The van der Waals surface area contributed by atoms with Crippen molar-refractivity contribution in [1.29, 1.82) is 0 Å². The van der Waals surface area contributed by atoms with Crippen molar-refractivity contribution >= 4 is 83.3 Å².